The van der Waals surface area contributed by atoms with E-state index in [0.29, 0.717) is 6.42 Å². The van der Waals surface area contributed by atoms with Gasteiger partial charge in [0.1, 0.15) is 0 Å². The van der Waals surface area contributed by atoms with Crippen LogP contribution in [0.25, 0.3) is 0 Å². The summed E-state index contributed by atoms with van der Waals surface area (Å²) in [4.78, 5) is 23.5. The highest BCUT2D eigenvalue weighted by Crippen LogP contribution is 2.14. The van der Waals surface area contributed by atoms with Crippen molar-refractivity contribution in [3.05, 3.63) is 30.3 Å². The average molecular weight is 204 g/mol. The molecule has 0 saturated carbocycles. The molecule has 0 saturated heterocycles. The van der Waals surface area contributed by atoms with Crippen molar-refractivity contribution in [2.75, 3.05) is 11.4 Å². The highest BCUT2D eigenvalue weighted by Gasteiger charge is 2.13. The molecule has 0 aromatic heterocycles. The van der Waals surface area contributed by atoms with E-state index in [1.165, 1.54) is 4.90 Å². The number of hydrogen-bond acceptors (Lipinski definition) is 2. The second-order valence-electron chi connectivity index (χ2n) is 3.21. The predicted molar refractivity (Wildman–Crippen MR) is 59.4 cm³/mol. The Morgan fingerprint density at radius 2 is 2.00 bits per heavy atom. The highest BCUT2D eigenvalue weighted by molar-refractivity contribution is 5.95. The topological polar surface area (TPSA) is 37.4 Å². The van der Waals surface area contributed by atoms with Gasteiger partial charge in [-0.25, -0.2) is 0 Å². The molecule has 1 aromatic rings. The summed E-state index contributed by atoms with van der Waals surface area (Å²) >= 11 is 0. The molecule has 0 heterocycles. The summed E-state index contributed by atoms with van der Waals surface area (Å²) in [5, 5.41) is 0. The van der Waals surface area contributed by atoms with Gasteiger partial charge in [-0.1, -0.05) is 25.1 Å². The van der Waals surface area contributed by atoms with Crippen LogP contribution in [0.15, 0.2) is 30.3 Å². The molecule has 0 aliphatic rings. The average Bonchev–Trinajstić information content (AvgIpc) is 2.27. The third-order valence-corrected chi connectivity index (χ3v) is 2.06. The first kappa shape index (κ1) is 11.4. The van der Waals surface area contributed by atoms with Gasteiger partial charge in [-0.05, 0) is 18.6 Å². The Morgan fingerprint density at radius 3 is 2.53 bits per heavy atom. The summed E-state index contributed by atoms with van der Waals surface area (Å²) in [6.07, 6.45) is 2.99. The number of para-hydroxylation sites is 1. The molecule has 1 amide bonds. The monoisotopic (exact) mass is 204 g/mol. The molecule has 15 heavy (non-hydrogen) atoms. The highest BCUT2D eigenvalue weighted by atomic mass is 16.2. The number of anilines is 1. The van der Waals surface area contributed by atoms with Crippen LogP contribution >= 0.6 is 0 Å². The molecule has 1 radical (unpaired) electrons. The smallest absolute Gasteiger partial charge is 0.227 e. The molecule has 0 N–H and O–H groups in total. The Bertz CT molecular complexity index is 322. The van der Waals surface area contributed by atoms with Crippen molar-refractivity contribution >= 4 is 17.9 Å². The van der Waals surface area contributed by atoms with E-state index in [-0.39, 0.29) is 12.5 Å². The fourth-order valence-electron chi connectivity index (χ4n) is 1.34. The van der Waals surface area contributed by atoms with Gasteiger partial charge in [-0.2, -0.15) is 0 Å². The number of carbonyl (C=O) groups is 1. The van der Waals surface area contributed by atoms with Crippen molar-refractivity contribution in [1.82, 2.24) is 0 Å². The summed E-state index contributed by atoms with van der Waals surface area (Å²) < 4.78 is 0. The first-order valence-electron chi connectivity index (χ1n) is 5.00. The van der Waals surface area contributed by atoms with Crippen molar-refractivity contribution in [3.8, 4) is 0 Å². The lowest BCUT2D eigenvalue weighted by atomic mass is 10.2. The first-order valence-corrected chi connectivity index (χ1v) is 5.00. The molecule has 0 aliphatic carbocycles. The minimum atomic E-state index is -0.0351. The van der Waals surface area contributed by atoms with Gasteiger partial charge in [0.15, 0.2) is 0 Å². The quantitative estimate of drug-likeness (QED) is 0.735. The molecular formula is C12H14NO2. The van der Waals surface area contributed by atoms with E-state index in [1.54, 1.807) is 6.29 Å². The summed E-state index contributed by atoms with van der Waals surface area (Å²) in [6.45, 7) is 1.94. The van der Waals surface area contributed by atoms with E-state index in [4.69, 9.17) is 0 Å². The van der Waals surface area contributed by atoms with Gasteiger partial charge in [0.25, 0.3) is 0 Å². The molecular weight excluding hydrogens is 190 g/mol. The van der Waals surface area contributed by atoms with Gasteiger partial charge in [0.05, 0.1) is 6.54 Å². The maximum atomic E-state index is 11.7. The van der Waals surface area contributed by atoms with E-state index in [9.17, 15) is 9.59 Å². The van der Waals surface area contributed by atoms with Gasteiger partial charge in [0.2, 0.25) is 12.2 Å². The number of hydrogen-bond donors (Lipinski definition) is 0. The van der Waals surface area contributed by atoms with Crippen molar-refractivity contribution in [2.45, 2.75) is 19.8 Å². The third-order valence-electron chi connectivity index (χ3n) is 2.06. The minimum Gasteiger partial charge on any atom is -0.305 e. The molecule has 0 bridgehead atoms. The van der Waals surface area contributed by atoms with E-state index >= 15 is 0 Å². The van der Waals surface area contributed by atoms with Crippen LogP contribution in [0.3, 0.4) is 0 Å². The molecule has 1 aromatic carbocycles. The van der Waals surface area contributed by atoms with Crippen molar-refractivity contribution in [1.29, 1.82) is 0 Å². The molecule has 3 nitrogen and oxygen atoms in total. The number of carbonyl (C=O) groups excluding carboxylic acids is 2. The Hall–Kier alpha value is -1.64. The second-order valence-corrected chi connectivity index (χ2v) is 3.21. The number of nitrogens with zero attached hydrogens (tertiary/aromatic N) is 1. The summed E-state index contributed by atoms with van der Waals surface area (Å²) in [5.41, 5.74) is 0.749. The molecule has 0 unspecified atom stereocenters. The zero-order valence-electron chi connectivity index (χ0n) is 8.77. The van der Waals surface area contributed by atoms with Crippen LogP contribution < -0.4 is 4.90 Å². The van der Waals surface area contributed by atoms with Crippen LogP contribution in [-0.4, -0.2) is 18.7 Å². The normalized spacial score (nSPS) is 9.67. The Kier molecular flexibility index (Phi) is 4.54. The first-order chi connectivity index (χ1) is 7.29. The molecule has 0 spiro atoms. The molecule has 1 rings (SSSR count). The van der Waals surface area contributed by atoms with Gasteiger partial charge in [-0.3, -0.25) is 9.59 Å². The zero-order chi connectivity index (χ0) is 11.1. The van der Waals surface area contributed by atoms with Crippen LogP contribution in [0.1, 0.15) is 19.8 Å². The lowest BCUT2D eigenvalue weighted by Crippen LogP contribution is -2.32. The number of amides is 1. The SMILES string of the molecule is CCCC(=O)N(C[C]=O)c1ccccc1. The number of rotatable bonds is 5. The maximum absolute atomic E-state index is 11.7. The third kappa shape index (κ3) is 3.20. The molecule has 0 aliphatic heterocycles. The van der Waals surface area contributed by atoms with Crippen LogP contribution in [0.5, 0.6) is 0 Å². The largest absolute Gasteiger partial charge is 0.305 e. The van der Waals surface area contributed by atoms with E-state index in [1.807, 2.05) is 37.3 Å². The lowest BCUT2D eigenvalue weighted by Gasteiger charge is -2.19. The maximum Gasteiger partial charge on any atom is 0.227 e. The van der Waals surface area contributed by atoms with Gasteiger partial charge < -0.3 is 4.90 Å². The predicted octanol–water partition coefficient (Wildman–Crippen LogP) is 1.93. The van der Waals surface area contributed by atoms with Crippen LogP contribution in [-0.2, 0) is 9.59 Å². The van der Waals surface area contributed by atoms with Crippen LogP contribution in [0.2, 0.25) is 0 Å². The molecule has 79 valence electrons. The Morgan fingerprint density at radius 1 is 1.33 bits per heavy atom. The Balaban J connectivity index is 2.82. The molecule has 0 fully saturated rings. The van der Waals surface area contributed by atoms with E-state index in [2.05, 4.69) is 0 Å². The summed E-state index contributed by atoms with van der Waals surface area (Å²) in [7, 11) is 0. The van der Waals surface area contributed by atoms with Gasteiger partial charge in [-0.15, -0.1) is 0 Å². The van der Waals surface area contributed by atoms with E-state index in [0.717, 1.165) is 12.1 Å². The Labute approximate surface area is 89.7 Å². The van der Waals surface area contributed by atoms with E-state index < -0.39 is 0 Å². The standard InChI is InChI=1S/C12H14NO2/c1-2-6-12(15)13(9-10-14)11-7-4-3-5-8-11/h3-5,7-8H,2,6,9H2,1H3. The minimum absolute atomic E-state index is 0.00282. The van der Waals surface area contributed by atoms with Crippen LogP contribution in [0, 0.1) is 0 Å². The lowest BCUT2D eigenvalue weighted by molar-refractivity contribution is -0.118. The summed E-state index contributed by atoms with van der Waals surface area (Å²) in [5.74, 6) is -0.0351. The fourth-order valence-corrected chi connectivity index (χ4v) is 1.34. The zero-order valence-corrected chi connectivity index (χ0v) is 8.77. The molecule has 3 heteroatoms. The van der Waals surface area contributed by atoms with Gasteiger partial charge >= 0.3 is 0 Å². The van der Waals surface area contributed by atoms with Crippen LogP contribution in [0.4, 0.5) is 5.69 Å². The van der Waals surface area contributed by atoms with Gasteiger partial charge in [0, 0.05) is 12.1 Å². The molecule has 0 atom stereocenters. The van der Waals surface area contributed by atoms with Crippen molar-refractivity contribution < 1.29 is 9.59 Å². The number of benzene rings is 1. The van der Waals surface area contributed by atoms with Crippen molar-refractivity contribution in [2.24, 2.45) is 0 Å². The van der Waals surface area contributed by atoms with Crippen molar-refractivity contribution in [3.63, 3.8) is 0 Å². The fraction of sp³-hybridized carbons (Fsp3) is 0.333. The summed E-state index contributed by atoms with van der Waals surface area (Å²) in [6, 6.07) is 9.17. The second kappa shape index (κ2) is 5.96.